The maximum absolute atomic E-state index is 12.2. The molecule has 144 valence electrons. The van der Waals surface area contributed by atoms with Crippen LogP contribution in [0.5, 0.6) is 11.5 Å². The van der Waals surface area contributed by atoms with Gasteiger partial charge in [0.1, 0.15) is 29.1 Å². The van der Waals surface area contributed by atoms with Crippen molar-refractivity contribution in [3.63, 3.8) is 0 Å². The molecule has 7 heteroatoms. The number of ether oxygens (including phenoxy) is 2. The smallest absolute Gasteiger partial charge is 0.268 e. The van der Waals surface area contributed by atoms with Crippen LogP contribution in [0.25, 0.3) is 11.1 Å². The first kappa shape index (κ1) is 20.6. The highest BCUT2D eigenvalue weighted by atomic mass is 16.5. The van der Waals surface area contributed by atoms with E-state index in [1.54, 1.807) is 18.2 Å². The number of nitrogens with zero attached hydrogens (tertiary/aromatic N) is 2. The fourth-order valence-corrected chi connectivity index (χ4v) is 2.88. The minimum atomic E-state index is -0.653. The molecule has 0 aliphatic carbocycles. The van der Waals surface area contributed by atoms with Gasteiger partial charge in [0.25, 0.3) is 5.56 Å². The molecule has 3 N–H and O–H groups in total. The van der Waals surface area contributed by atoms with Crippen LogP contribution >= 0.6 is 0 Å². The summed E-state index contributed by atoms with van der Waals surface area (Å²) in [5.74, 6) is 0.930. The summed E-state index contributed by atoms with van der Waals surface area (Å²) in [6.07, 6.45) is 2.09. The number of H-pyrrole nitrogens is 1. The lowest BCUT2D eigenvalue weighted by molar-refractivity contribution is 0.222. The van der Waals surface area contributed by atoms with E-state index in [9.17, 15) is 15.3 Å². The Kier molecular flexibility index (Phi) is 6.46. The molecule has 0 saturated heterocycles. The fraction of sp³-hybridized carbons (Fsp3) is 0.286. The van der Waals surface area contributed by atoms with Crippen LogP contribution in [0.1, 0.15) is 37.5 Å². The first-order chi connectivity index (χ1) is 13.4. The third kappa shape index (κ3) is 3.99. The predicted octanol–water partition coefficient (Wildman–Crippen LogP) is 3.28. The maximum Gasteiger partial charge on any atom is 0.268 e. The first-order valence-corrected chi connectivity index (χ1v) is 8.81. The summed E-state index contributed by atoms with van der Waals surface area (Å²) in [6, 6.07) is 7.27. The molecule has 0 unspecified atom stereocenters. The van der Waals surface area contributed by atoms with Gasteiger partial charge in [-0.3, -0.25) is 4.79 Å². The summed E-state index contributed by atoms with van der Waals surface area (Å²) in [5.41, 5.74) is 6.42. The van der Waals surface area contributed by atoms with Crippen LogP contribution in [0.3, 0.4) is 0 Å². The number of hydrogen-bond acceptors (Lipinski definition) is 6. The molecule has 0 amide bonds. The molecule has 0 fully saturated rings. The zero-order valence-corrected chi connectivity index (χ0v) is 16.1. The van der Waals surface area contributed by atoms with Crippen molar-refractivity contribution < 1.29 is 9.47 Å². The van der Waals surface area contributed by atoms with Gasteiger partial charge in [-0.15, -0.1) is 6.58 Å². The van der Waals surface area contributed by atoms with Crippen molar-refractivity contribution in [2.75, 3.05) is 12.3 Å². The van der Waals surface area contributed by atoms with E-state index in [1.807, 2.05) is 32.9 Å². The highest BCUT2D eigenvalue weighted by Gasteiger charge is 2.22. The quantitative estimate of drug-likeness (QED) is 0.712. The molecular weight excluding hydrogens is 356 g/mol. The monoisotopic (exact) mass is 378 g/mol. The molecule has 2 rings (SSSR count). The van der Waals surface area contributed by atoms with Crippen molar-refractivity contribution in [1.29, 1.82) is 10.5 Å². The highest BCUT2D eigenvalue weighted by Crippen LogP contribution is 2.39. The van der Waals surface area contributed by atoms with Crippen LogP contribution < -0.4 is 20.8 Å². The number of benzene rings is 1. The number of nitrogen functional groups attached to an aromatic ring is 1. The van der Waals surface area contributed by atoms with E-state index in [-0.39, 0.29) is 28.6 Å². The van der Waals surface area contributed by atoms with Gasteiger partial charge in [0, 0.05) is 11.1 Å². The lowest BCUT2D eigenvalue weighted by Gasteiger charge is -2.20. The Morgan fingerprint density at radius 2 is 1.96 bits per heavy atom. The predicted molar refractivity (Wildman–Crippen MR) is 107 cm³/mol. The van der Waals surface area contributed by atoms with Crippen LogP contribution in [0.15, 0.2) is 29.6 Å². The van der Waals surface area contributed by atoms with Crippen LogP contribution in [0.2, 0.25) is 0 Å². The molecule has 1 aromatic carbocycles. The molecule has 7 nitrogen and oxygen atoms in total. The zero-order chi connectivity index (χ0) is 20.8. The molecule has 0 aliphatic rings. The molecule has 0 radical (unpaired) electrons. The van der Waals surface area contributed by atoms with E-state index >= 15 is 0 Å². The van der Waals surface area contributed by atoms with Crippen molar-refractivity contribution in [1.82, 2.24) is 4.98 Å². The van der Waals surface area contributed by atoms with Gasteiger partial charge in [-0.1, -0.05) is 6.08 Å². The second-order valence-corrected chi connectivity index (χ2v) is 6.27. The van der Waals surface area contributed by atoms with E-state index in [2.05, 4.69) is 11.6 Å². The average molecular weight is 378 g/mol. The Balaban J connectivity index is 2.92. The van der Waals surface area contributed by atoms with Gasteiger partial charge in [-0.2, -0.15) is 10.5 Å². The van der Waals surface area contributed by atoms with Crippen LogP contribution in [-0.2, 0) is 6.42 Å². The topological polar surface area (TPSA) is 125 Å². The Bertz CT molecular complexity index is 1040. The highest BCUT2D eigenvalue weighted by molar-refractivity contribution is 5.82. The van der Waals surface area contributed by atoms with Gasteiger partial charge in [0.2, 0.25) is 0 Å². The number of hydrogen-bond donors (Lipinski definition) is 2. The number of allylic oxidation sites excluding steroid dienone is 1. The van der Waals surface area contributed by atoms with E-state index < -0.39 is 5.56 Å². The summed E-state index contributed by atoms with van der Waals surface area (Å²) in [7, 11) is 0. The van der Waals surface area contributed by atoms with E-state index in [4.69, 9.17) is 15.2 Å². The first-order valence-electron chi connectivity index (χ1n) is 8.81. The molecule has 1 heterocycles. The Labute approximate surface area is 163 Å². The summed E-state index contributed by atoms with van der Waals surface area (Å²) in [5, 5.41) is 19.1. The molecule has 28 heavy (non-hydrogen) atoms. The molecule has 0 aliphatic heterocycles. The Hall–Kier alpha value is -3.71. The number of nitrogens with two attached hydrogens (primary N) is 1. The molecule has 1 aromatic heterocycles. The normalized spacial score (nSPS) is 10.2. The standard InChI is InChI=1S/C21H22N4O3/c1-5-7-13-8-14(9-17(27-6-2)19(13)28-12(3)4)18-15(10-22)20(24)25-21(26)16(18)11-23/h5,8-9,12H,1,6-7H2,2-4H3,(H3,24,25,26). The van der Waals surface area contributed by atoms with Crippen molar-refractivity contribution in [2.24, 2.45) is 0 Å². The zero-order valence-electron chi connectivity index (χ0n) is 16.1. The lowest BCUT2D eigenvalue weighted by Crippen LogP contribution is -2.16. The summed E-state index contributed by atoms with van der Waals surface area (Å²) < 4.78 is 11.7. The second-order valence-electron chi connectivity index (χ2n) is 6.27. The summed E-state index contributed by atoms with van der Waals surface area (Å²) in [4.78, 5) is 14.6. The number of aromatic amines is 1. The second kappa shape index (κ2) is 8.79. The summed E-state index contributed by atoms with van der Waals surface area (Å²) >= 11 is 0. The summed E-state index contributed by atoms with van der Waals surface area (Å²) in [6.45, 7) is 9.81. The number of rotatable bonds is 7. The Morgan fingerprint density at radius 1 is 1.29 bits per heavy atom. The van der Waals surface area contributed by atoms with Gasteiger partial charge in [0.05, 0.1) is 12.7 Å². The molecular formula is C21H22N4O3. The van der Waals surface area contributed by atoms with Crippen LogP contribution in [-0.4, -0.2) is 17.7 Å². The third-order valence-electron chi connectivity index (χ3n) is 3.91. The van der Waals surface area contributed by atoms with E-state index in [0.29, 0.717) is 30.1 Å². The van der Waals surface area contributed by atoms with E-state index in [1.165, 1.54) is 0 Å². The number of aromatic nitrogens is 1. The Morgan fingerprint density at radius 3 is 2.50 bits per heavy atom. The molecule has 2 aromatic rings. The largest absolute Gasteiger partial charge is 0.490 e. The minimum absolute atomic E-state index is 0.0284. The van der Waals surface area contributed by atoms with Gasteiger partial charge in [-0.05, 0) is 44.9 Å². The van der Waals surface area contributed by atoms with Gasteiger partial charge in [-0.25, -0.2) is 0 Å². The minimum Gasteiger partial charge on any atom is -0.490 e. The van der Waals surface area contributed by atoms with Gasteiger partial charge in [0.15, 0.2) is 11.5 Å². The van der Waals surface area contributed by atoms with E-state index in [0.717, 1.165) is 5.56 Å². The van der Waals surface area contributed by atoms with Crippen LogP contribution in [0, 0.1) is 22.7 Å². The fourth-order valence-electron chi connectivity index (χ4n) is 2.88. The third-order valence-corrected chi connectivity index (χ3v) is 3.91. The molecule has 0 saturated carbocycles. The van der Waals surface area contributed by atoms with Crippen molar-refractivity contribution >= 4 is 5.82 Å². The van der Waals surface area contributed by atoms with Gasteiger partial charge >= 0.3 is 0 Å². The van der Waals surface area contributed by atoms with Gasteiger partial charge < -0.3 is 20.2 Å². The molecule has 0 atom stereocenters. The lowest BCUT2D eigenvalue weighted by atomic mass is 9.94. The molecule has 0 spiro atoms. The maximum atomic E-state index is 12.2. The number of nitriles is 2. The van der Waals surface area contributed by atoms with Crippen molar-refractivity contribution in [3.8, 4) is 34.8 Å². The average Bonchev–Trinajstić information content (AvgIpc) is 2.63. The van der Waals surface area contributed by atoms with Crippen molar-refractivity contribution in [3.05, 3.63) is 51.8 Å². The van der Waals surface area contributed by atoms with Crippen LogP contribution in [0.4, 0.5) is 5.82 Å². The molecule has 0 bridgehead atoms. The number of anilines is 1. The van der Waals surface area contributed by atoms with Crippen molar-refractivity contribution in [2.45, 2.75) is 33.3 Å². The SMILES string of the molecule is C=CCc1cc(-c2c(C#N)c(N)[nH]c(=O)c2C#N)cc(OCC)c1OC(C)C. The number of nitrogens with one attached hydrogen (secondary N) is 1. The number of pyridine rings is 1.